The van der Waals surface area contributed by atoms with Crippen LogP contribution in [0, 0.1) is 0 Å². The summed E-state index contributed by atoms with van der Waals surface area (Å²) in [6, 6.07) is 16.9. The van der Waals surface area contributed by atoms with Gasteiger partial charge in [-0.05, 0) is 29.1 Å². The van der Waals surface area contributed by atoms with Gasteiger partial charge >= 0.3 is 0 Å². The summed E-state index contributed by atoms with van der Waals surface area (Å²) in [7, 11) is -0.441. The van der Waals surface area contributed by atoms with Crippen molar-refractivity contribution in [1.82, 2.24) is 9.71 Å². The van der Waals surface area contributed by atoms with Crippen LogP contribution in [-0.2, 0) is 10.0 Å². The van der Waals surface area contributed by atoms with Gasteiger partial charge in [-0.3, -0.25) is 0 Å². The molecule has 4 rings (SSSR count). The lowest BCUT2D eigenvalue weighted by atomic mass is 9.90. The number of nitrogens with one attached hydrogen (secondary N) is 2. The van der Waals surface area contributed by atoms with Crippen LogP contribution in [-0.4, -0.2) is 34.2 Å². The molecule has 30 heavy (non-hydrogen) atoms. The first-order valence-electron chi connectivity index (χ1n) is 9.35. The van der Waals surface area contributed by atoms with E-state index in [0.29, 0.717) is 11.5 Å². The summed E-state index contributed by atoms with van der Waals surface area (Å²) >= 11 is 1.19. The zero-order valence-electron chi connectivity index (χ0n) is 16.6. The molecule has 0 amide bonds. The van der Waals surface area contributed by atoms with Crippen LogP contribution < -0.4 is 14.2 Å². The van der Waals surface area contributed by atoms with Crippen LogP contribution in [0.15, 0.2) is 70.4 Å². The minimum atomic E-state index is -3.61. The van der Waals surface area contributed by atoms with Crippen LogP contribution in [0.1, 0.15) is 17.0 Å². The van der Waals surface area contributed by atoms with E-state index < -0.39 is 10.0 Å². The summed E-state index contributed by atoms with van der Waals surface area (Å²) in [6.45, 7) is 0.172. The van der Waals surface area contributed by atoms with Crippen molar-refractivity contribution in [3.8, 4) is 11.5 Å². The van der Waals surface area contributed by atoms with Crippen LogP contribution in [0.2, 0.25) is 0 Å². The highest BCUT2D eigenvalue weighted by Crippen LogP contribution is 2.40. The number of aromatic amines is 1. The Hall–Kier alpha value is -2.81. The van der Waals surface area contributed by atoms with Gasteiger partial charge in [-0.15, -0.1) is 11.3 Å². The molecule has 2 aromatic carbocycles. The summed E-state index contributed by atoms with van der Waals surface area (Å²) < 4.78 is 39.7. The maximum atomic E-state index is 12.8. The van der Waals surface area contributed by atoms with Gasteiger partial charge in [-0.25, -0.2) is 13.1 Å². The van der Waals surface area contributed by atoms with Crippen LogP contribution >= 0.6 is 11.3 Å². The standard InChI is InChI=1S/C22H22N2O4S2/c1-27-20-10-5-8-16(22(20)28-2)18(14-24-30(25,26)21-11-6-12-29-21)17-13-23-19-9-4-3-7-15(17)19/h3-13,18,23-24H,14H2,1-2H3. The van der Waals surface area contributed by atoms with Gasteiger partial charge in [0.15, 0.2) is 11.5 Å². The minimum Gasteiger partial charge on any atom is -0.493 e. The Kier molecular flexibility index (Phi) is 5.80. The molecule has 0 aliphatic heterocycles. The molecule has 2 heterocycles. The Labute approximate surface area is 179 Å². The second-order valence-corrected chi connectivity index (χ2v) is 9.65. The summed E-state index contributed by atoms with van der Waals surface area (Å²) in [6.07, 6.45) is 1.92. The van der Waals surface area contributed by atoms with E-state index in [0.717, 1.165) is 22.0 Å². The quantitative estimate of drug-likeness (QED) is 0.425. The molecule has 4 aromatic rings. The second kappa shape index (κ2) is 8.51. The predicted octanol–water partition coefficient (Wildman–Crippen LogP) is 4.36. The molecule has 0 bridgehead atoms. The lowest BCUT2D eigenvalue weighted by Gasteiger charge is -2.21. The van der Waals surface area contributed by atoms with Crippen molar-refractivity contribution < 1.29 is 17.9 Å². The van der Waals surface area contributed by atoms with E-state index in [1.807, 2.05) is 48.7 Å². The van der Waals surface area contributed by atoms with Crippen LogP contribution in [0.5, 0.6) is 11.5 Å². The number of rotatable bonds is 8. The van der Waals surface area contributed by atoms with Crippen molar-refractivity contribution in [1.29, 1.82) is 0 Å². The Balaban J connectivity index is 1.80. The lowest BCUT2D eigenvalue weighted by Crippen LogP contribution is -2.28. The second-order valence-electron chi connectivity index (χ2n) is 6.71. The number of hydrogen-bond donors (Lipinski definition) is 2. The number of fused-ring (bicyclic) bond motifs is 1. The molecule has 1 atom stereocenters. The topological polar surface area (TPSA) is 80.4 Å². The first kappa shape index (κ1) is 20.5. The number of H-pyrrole nitrogens is 1. The molecule has 1 unspecified atom stereocenters. The van der Waals surface area contributed by atoms with E-state index in [1.54, 1.807) is 31.7 Å². The highest BCUT2D eigenvalue weighted by atomic mass is 32.2. The van der Waals surface area contributed by atoms with Crippen LogP contribution in [0.4, 0.5) is 0 Å². The van der Waals surface area contributed by atoms with Gasteiger partial charge < -0.3 is 14.5 Å². The van der Waals surface area contributed by atoms with Gasteiger partial charge in [0.25, 0.3) is 0 Å². The largest absolute Gasteiger partial charge is 0.493 e. The van der Waals surface area contributed by atoms with Crippen molar-refractivity contribution in [3.05, 3.63) is 77.3 Å². The van der Waals surface area contributed by atoms with Gasteiger partial charge in [0.2, 0.25) is 10.0 Å². The number of hydrogen-bond acceptors (Lipinski definition) is 5. The van der Waals surface area contributed by atoms with Crippen LogP contribution in [0.25, 0.3) is 10.9 Å². The molecule has 156 valence electrons. The minimum absolute atomic E-state index is 0.172. The monoisotopic (exact) mass is 442 g/mol. The first-order chi connectivity index (χ1) is 14.5. The molecular weight excluding hydrogens is 420 g/mol. The van der Waals surface area contributed by atoms with Crippen molar-refractivity contribution in [2.75, 3.05) is 20.8 Å². The zero-order chi connectivity index (χ0) is 21.1. The number of aromatic nitrogens is 1. The van der Waals surface area contributed by atoms with Crippen molar-refractivity contribution in [3.63, 3.8) is 0 Å². The van der Waals surface area contributed by atoms with Gasteiger partial charge in [-0.1, -0.05) is 36.4 Å². The fourth-order valence-electron chi connectivity index (χ4n) is 3.64. The fraction of sp³-hybridized carbons (Fsp3) is 0.182. The number of ether oxygens (including phenoxy) is 2. The Morgan fingerprint density at radius 2 is 1.83 bits per heavy atom. The van der Waals surface area contributed by atoms with E-state index >= 15 is 0 Å². The molecule has 2 N–H and O–H groups in total. The van der Waals surface area contributed by atoms with Gasteiger partial charge in [0.1, 0.15) is 4.21 Å². The molecule has 8 heteroatoms. The third-order valence-corrected chi connectivity index (χ3v) is 7.86. The normalized spacial score (nSPS) is 12.7. The SMILES string of the molecule is COc1cccc(C(CNS(=O)(=O)c2cccs2)c2c[nH]c3ccccc23)c1OC. The zero-order valence-corrected chi connectivity index (χ0v) is 18.2. The molecule has 6 nitrogen and oxygen atoms in total. The van der Waals surface area contributed by atoms with E-state index in [9.17, 15) is 8.42 Å². The molecule has 0 fully saturated rings. The van der Waals surface area contributed by atoms with Gasteiger partial charge in [-0.2, -0.15) is 0 Å². The Morgan fingerprint density at radius 1 is 1.00 bits per heavy atom. The molecule has 0 aliphatic rings. The predicted molar refractivity (Wildman–Crippen MR) is 119 cm³/mol. The molecular formula is C22H22N2O4S2. The molecule has 0 spiro atoms. The smallest absolute Gasteiger partial charge is 0.250 e. The maximum Gasteiger partial charge on any atom is 0.250 e. The van der Waals surface area contributed by atoms with E-state index in [1.165, 1.54) is 11.3 Å². The van der Waals surface area contributed by atoms with E-state index in [4.69, 9.17) is 9.47 Å². The number of benzene rings is 2. The summed E-state index contributed by atoms with van der Waals surface area (Å²) in [4.78, 5) is 3.28. The van der Waals surface area contributed by atoms with E-state index in [2.05, 4.69) is 9.71 Å². The third kappa shape index (κ3) is 3.81. The molecule has 0 aliphatic carbocycles. The number of sulfonamides is 1. The molecule has 2 aromatic heterocycles. The van der Waals surface area contributed by atoms with E-state index in [-0.39, 0.29) is 16.7 Å². The Morgan fingerprint density at radius 3 is 2.57 bits per heavy atom. The summed E-state index contributed by atoms with van der Waals surface area (Å²) in [5.41, 5.74) is 2.81. The highest BCUT2D eigenvalue weighted by molar-refractivity contribution is 7.91. The third-order valence-electron chi connectivity index (χ3n) is 5.04. The summed E-state index contributed by atoms with van der Waals surface area (Å²) in [5, 5.41) is 2.78. The van der Waals surface area contributed by atoms with Crippen molar-refractivity contribution >= 4 is 32.3 Å². The number of para-hydroxylation sites is 2. The van der Waals surface area contributed by atoms with Gasteiger partial charge in [0, 0.05) is 35.1 Å². The van der Waals surface area contributed by atoms with Gasteiger partial charge in [0.05, 0.1) is 14.2 Å². The van der Waals surface area contributed by atoms with Crippen LogP contribution in [0.3, 0.4) is 0 Å². The molecule has 0 saturated carbocycles. The Bertz CT molecular complexity index is 1250. The lowest BCUT2D eigenvalue weighted by molar-refractivity contribution is 0.350. The van der Waals surface area contributed by atoms with Crippen molar-refractivity contribution in [2.24, 2.45) is 0 Å². The summed E-state index contributed by atoms with van der Waals surface area (Å²) in [5.74, 6) is 0.896. The fourth-order valence-corrected chi connectivity index (χ4v) is 5.72. The average molecular weight is 443 g/mol. The molecule has 0 radical (unpaired) electrons. The van der Waals surface area contributed by atoms with Crippen molar-refractivity contribution in [2.45, 2.75) is 10.1 Å². The average Bonchev–Trinajstić information content (AvgIpc) is 3.45. The number of methoxy groups -OCH3 is 2. The number of thiophene rings is 1. The highest BCUT2D eigenvalue weighted by Gasteiger charge is 2.26. The first-order valence-corrected chi connectivity index (χ1v) is 11.7. The molecule has 0 saturated heterocycles. The maximum absolute atomic E-state index is 12.8.